The van der Waals surface area contributed by atoms with Gasteiger partial charge in [0, 0.05) is 6.42 Å². The van der Waals surface area contributed by atoms with Crippen molar-refractivity contribution >= 4 is 5.91 Å². The first-order valence-corrected chi connectivity index (χ1v) is 31.2. The van der Waals surface area contributed by atoms with Gasteiger partial charge in [0.05, 0.1) is 18.8 Å². The lowest BCUT2D eigenvalue weighted by Crippen LogP contribution is -2.45. The summed E-state index contributed by atoms with van der Waals surface area (Å²) in [5, 5.41) is 23.1. The molecule has 402 valence electrons. The summed E-state index contributed by atoms with van der Waals surface area (Å²) >= 11 is 0. The smallest absolute Gasteiger partial charge is 0.220 e. The van der Waals surface area contributed by atoms with Crippen LogP contribution in [-0.2, 0) is 4.79 Å². The van der Waals surface area contributed by atoms with E-state index in [1.54, 1.807) is 6.08 Å². The highest BCUT2D eigenvalue weighted by atomic mass is 16.3. The highest BCUT2D eigenvalue weighted by molar-refractivity contribution is 5.76. The molecule has 0 fully saturated rings. The lowest BCUT2D eigenvalue weighted by Gasteiger charge is -2.19. The van der Waals surface area contributed by atoms with E-state index in [1.807, 2.05) is 6.08 Å². The molecular weight excluding hydrogens is 831 g/mol. The summed E-state index contributed by atoms with van der Waals surface area (Å²) in [4.78, 5) is 12.5. The van der Waals surface area contributed by atoms with E-state index >= 15 is 0 Å². The van der Waals surface area contributed by atoms with Crippen LogP contribution in [0.15, 0.2) is 36.5 Å². The fourth-order valence-electron chi connectivity index (χ4n) is 9.86. The van der Waals surface area contributed by atoms with Gasteiger partial charge < -0.3 is 15.5 Å². The Morgan fingerprint density at radius 2 is 0.574 bits per heavy atom. The van der Waals surface area contributed by atoms with Crippen LogP contribution in [0, 0.1) is 0 Å². The fraction of sp³-hybridized carbons (Fsp3) is 0.891. The summed E-state index contributed by atoms with van der Waals surface area (Å²) in [6.45, 7) is 4.31. The molecule has 0 spiro atoms. The van der Waals surface area contributed by atoms with Crippen molar-refractivity contribution in [3.05, 3.63) is 36.5 Å². The Morgan fingerprint density at radius 1 is 0.338 bits per heavy atom. The third-order valence-electron chi connectivity index (χ3n) is 14.6. The number of carbonyl (C=O) groups is 1. The van der Waals surface area contributed by atoms with Crippen LogP contribution in [0.25, 0.3) is 0 Å². The van der Waals surface area contributed by atoms with E-state index in [2.05, 4.69) is 43.5 Å². The van der Waals surface area contributed by atoms with E-state index < -0.39 is 12.1 Å². The van der Waals surface area contributed by atoms with Gasteiger partial charge in [0.1, 0.15) is 0 Å². The van der Waals surface area contributed by atoms with Crippen LogP contribution in [0.1, 0.15) is 348 Å². The average Bonchev–Trinajstić information content (AvgIpc) is 3.34. The quantitative estimate of drug-likeness (QED) is 0.0420. The van der Waals surface area contributed by atoms with Crippen molar-refractivity contribution in [3.8, 4) is 0 Å². The summed E-state index contributed by atoms with van der Waals surface area (Å²) in [7, 11) is 0. The number of carbonyl (C=O) groups excluding carboxylic acids is 1. The van der Waals surface area contributed by atoms with Crippen LogP contribution in [0.4, 0.5) is 0 Å². The number of amides is 1. The molecule has 0 aliphatic heterocycles. The van der Waals surface area contributed by atoms with Crippen LogP contribution in [0.2, 0.25) is 0 Å². The lowest BCUT2D eigenvalue weighted by molar-refractivity contribution is -0.123. The van der Waals surface area contributed by atoms with E-state index in [9.17, 15) is 15.0 Å². The molecular formula is C64H123NO3. The van der Waals surface area contributed by atoms with Gasteiger partial charge in [-0.15, -0.1) is 0 Å². The van der Waals surface area contributed by atoms with E-state index in [4.69, 9.17) is 0 Å². The number of nitrogens with one attached hydrogen (secondary N) is 1. The van der Waals surface area contributed by atoms with Gasteiger partial charge in [0.25, 0.3) is 0 Å². The minimum absolute atomic E-state index is 0.0725. The number of hydrogen-bond donors (Lipinski definition) is 3. The van der Waals surface area contributed by atoms with Crippen LogP contribution in [0.5, 0.6) is 0 Å². The summed E-state index contributed by atoms with van der Waals surface area (Å²) < 4.78 is 0. The molecule has 2 unspecified atom stereocenters. The van der Waals surface area contributed by atoms with Gasteiger partial charge in [-0.1, -0.05) is 333 Å². The molecule has 0 bridgehead atoms. The molecule has 0 rings (SSSR count). The highest BCUT2D eigenvalue weighted by Crippen LogP contribution is 2.18. The molecule has 0 radical (unpaired) electrons. The van der Waals surface area contributed by atoms with Crippen LogP contribution < -0.4 is 5.32 Å². The Labute approximate surface area is 427 Å². The Bertz CT molecular complexity index is 1040. The van der Waals surface area contributed by atoms with Crippen molar-refractivity contribution in [1.29, 1.82) is 0 Å². The first-order chi connectivity index (χ1) is 33.7. The zero-order chi connectivity index (χ0) is 49.2. The SMILES string of the molecule is CCCCCCC/C=C/CC/C=C/CC/C=C/C(O)C(CO)NC(=O)CCCCCCCCCCCCCCCCCCCCCCCCCCCCCCCCCCCCCCCCCCC. The van der Waals surface area contributed by atoms with Crippen LogP contribution in [-0.4, -0.2) is 34.9 Å². The van der Waals surface area contributed by atoms with Crippen molar-refractivity contribution in [1.82, 2.24) is 5.32 Å². The van der Waals surface area contributed by atoms with Gasteiger partial charge in [-0.2, -0.15) is 0 Å². The molecule has 4 nitrogen and oxygen atoms in total. The average molecular weight is 955 g/mol. The zero-order valence-electron chi connectivity index (χ0n) is 46.4. The fourth-order valence-corrected chi connectivity index (χ4v) is 9.86. The molecule has 0 aromatic carbocycles. The van der Waals surface area contributed by atoms with Crippen molar-refractivity contribution in [3.63, 3.8) is 0 Å². The normalized spacial score (nSPS) is 12.9. The molecule has 1 amide bonds. The number of aliphatic hydroxyl groups is 2. The number of rotatable bonds is 58. The standard InChI is InChI=1S/C64H123NO3/c1-3-5-7-9-11-13-15-17-19-20-21-22-23-24-25-26-27-28-29-30-31-32-33-34-35-36-37-38-39-40-41-42-43-44-46-48-50-52-54-56-58-60-64(68)65-62(61-66)63(67)59-57-55-53-51-49-47-45-18-16-14-12-10-8-6-4-2/h16,18,49,51,57,59,62-63,66-67H,3-15,17,19-48,50,52-56,58,60-61H2,1-2H3,(H,65,68)/b18-16+,51-49+,59-57+. The van der Waals surface area contributed by atoms with E-state index in [0.29, 0.717) is 6.42 Å². The molecule has 0 saturated heterocycles. The van der Waals surface area contributed by atoms with Crippen LogP contribution >= 0.6 is 0 Å². The van der Waals surface area contributed by atoms with E-state index in [1.165, 1.54) is 289 Å². The lowest BCUT2D eigenvalue weighted by atomic mass is 10.0. The largest absolute Gasteiger partial charge is 0.394 e. The van der Waals surface area contributed by atoms with Gasteiger partial charge in [0.15, 0.2) is 0 Å². The molecule has 0 aromatic rings. The van der Waals surface area contributed by atoms with Gasteiger partial charge in [-0.05, 0) is 44.9 Å². The Balaban J connectivity index is 3.36. The Morgan fingerprint density at radius 3 is 0.853 bits per heavy atom. The molecule has 0 aromatic heterocycles. The molecule has 3 N–H and O–H groups in total. The maximum absolute atomic E-state index is 12.5. The van der Waals surface area contributed by atoms with Crippen molar-refractivity contribution in [2.24, 2.45) is 0 Å². The number of unbranched alkanes of at least 4 members (excludes halogenated alkanes) is 47. The molecule has 0 heterocycles. The number of hydrogen-bond acceptors (Lipinski definition) is 3. The Hall–Kier alpha value is -1.39. The highest BCUT2D eigenvalue weighted by Gasteiger charge is 2.18. The van der Waals surface area contributed by atoms with Crippen molar-refractivity contribution < 1.29 is 15.0 Å². The monoisotopic (exact) mass is 954 g/mol. The first kappa shape index (κ1) is 66.6. The minimum Gasteiger partial charge on any atom is -0.394 e. The molecule has 0 saturated carbocycles. The first-order valence-electron chi connectivity index (χ1n) is 31.2. The van der Waals surface area contributed by atoms with Crippen LogP contribution in [0.3, 0.4) is 0 Å². The van der Waals surface area contributed by atoms with E-state index in [0.717, 1.165) is 38.5 Å². The number of aliphatic hydroxyl groups excluding tert-OH is 2. The second-order valence-corrected chi connectivity index (χ2v) is 21.5. The summed E-state index contributed by atoms with van der Waals surface area (Å²) in [6, 6.07) is -0.643. The summed E-state index contributed by atoms with van der Waals surface area (Å²) in [5.41, 5.74) is 0. The maximum atomic E-state index is 12.5. The minimum atomic E-state index is -0.868. The van der Waals surface area contributed by atoms with E-state index in [-0.39, 0.29) is 12.5 Å². The molecule has 0 aliphatic carbocycles. The maximum Gasteiger partial charge on any atom is 0.220 e. The summed E-state index contributed by atoms with van der Waals surface area (Å²) in [5.74, 6) is -0.0725. The third-order valence-corrected chi connectivity index (χ3v) is 14.6. The second-order valence-electron chi connectivity index (χ2n) is 21.5. The Kier molecular flexibility index (Phi) is 58.7. The molecule has 0 aliphatic rings. The second kappa shape index (κ2) is 59.9. The number of allylic oxidation sites excluding steroid dienone is 5. The van der Waals surface area contributed by atoms with Gasteiger partial charge >= 0.3 is 0 Å². The molecule has 4 heteroatoms. The molecule has 2 atom stereocenters. The van der Waals surface area contributed by atoms with Gasteiger partial charge in [-0.3, -0.25) is 4.79 Å². The van der Waals surface area contributed by atoms with Crippen molar-refractivity contribution in [2.75, 3.05) is 6.61 Å². The predicted octanol–water partition coefficient (Wildman–Crippen LogP) is 20.8. The summed E-state index contributed by atoms with van der Waals surface area (Å²) in [6.07, 6.45) is 82.2. The van der Waals surface area contributed by atoms with Gasteiger partial charge in [0.2, 0.25) is 5.91 Å². The topological polar surface area (TPSA) is 69.6 Å². The van der Waals surface area contributed by atoms with Gasteiger partial charge in [-0.25, -0.2) is 0 Å². The predicted molar refractivity (Wildman–Crippen MR) is 304 cm³/mol. The van der Waals surface area contributed by atoms with Crippen molar-refractivity contribution in [2.45, 2.75) is 360 Å². The molecule has 68 heavy (non-hydrogen) atoms. The third kappa shape index (κ3) is 55.5. The zero-order valence-corrected chi connectivity index (χ0v) is 46.4.